The molecule has 0 radical (unpaired) electrons. The predicted octanol–water partition coefficient (Wildman–Crippen LogP) is 1.77. The number of rotatable bonds is 4. The summed E-state index contributed by atoms with van der Waals surface area (Å²) in [6, 6.07) is 6.09. The summed E-state index contributed by atoms with van der Waals surface area (Å²) in [5.74, 6) is 0.607. The van der Waals surface area contributed by atoms with E-state index in [1.807, 2.05) is 6.20 Å². The number of anilines is 1. The van der Waals surface area contributed by atoms with E-state index in [1.165, 1.54) is 12.1 Å². The number of para-hydroxylation sites is 1. The van der Waals surface area contributed by atoms with Gasteiger partial charge in [-0.15, -0.1) is 0 Å². The van der Waals surface area contributed by atoms with E-state index < -0.39 is 4.92 Å². The van der Waals surface area contributed by atoms with E-state index in [1.54, 1.807) is 23.2 Å². The maximum atomic E-state index is 12.6. The van der Waals surface area contributed by atoms with Crippen LogP contribution in [-0.2, 0) is 6.54 Å². The highest BCUT2D eigenvalue weighted by atomic mass is 16.6. The number of nitrogens with zero attached hydrogens (tertiary/aromatic N) is 5. The third kappa shape index (κ3) is 2.94. The van der Waals surface area contributed by atoms with Gasteiger partial charge >= 0.3 is 0 Å². The Morgan fingerprint density at radius 3 is 2.62 bits per heavy atom. The number of carbonyl (C=O) groups excluding carboxylic acids is 1. The number of aryl methyl sites for hydroxylation is 1. The minimum Gasteiger partial charge on any atom is -0.339 e. The van der Waals surface area contributed by atoms with Gasteiger partial charge < -0.3 is 14.4 Å². The number of nitro groups is 1. The SMILES string of the molecule is CCn1ccnc1N1CCN(C(=O)c2ccccc2[N+](=O)[O-])CC1. The molecule has 0 spiro atoms. The van der Waals surface area contributed by atoms with E-state index in [0.717, 1.165) is 12.5 Å². The first-order chi connectivity index (χ1) is 11.6. The quantitative estimate of drug-likeness (QED) is 0.630. The molecule has 1 aromatic heterocycles. The number of imidazole rings is 1. The molecular formula is C16H19N5O3. The predicted molar refractivity (Wildman–Crippen MR) is 89.1 cm³/mol. The summed E-state index contributed by atoms with van der Waals surface area (Å²) < 4.78 is 2.06. The highest BCUT2D eigenvalue weighted by molar-refractivity contribution is 5.98. The molecule has 3 rings (SSSR count). The van der Waals surface area contributed by atoms with Crippen molar-refractivity contribution in [1.82, 2.24) is 14.5 Å². The Labute approximate surface area is 139 Å². The van der Waals surface area contributed by atoms with Crippen LogP contribution in [-0.4, -0.2) is 51.5 Å². The Hall–Kier alpha value is -2.90. The number of benzene rings is 1. The Morgan fingerprint density at radius 2 is 1.96 bits per heavy atom. The Morgan fingerprint density at radius 1 is 1.25 bits per heavy atom. The van der Waals surface area contributed by atoms with Crippen LogP contribution in [0.1, 0.15) is 17.3 Å². The molecule has 0 saturated carbocycles. The summed E-state index contributed by atoms with van der Waals surface area (Å²) >= 11 is 0. The number of piperazine rings is 1. The number of aromatic nitrogens is 2. The molecule has 1 aliphatic rings. The molecule has 1 aromatic carbocycles. The summed E-state index contributed by atoms with van der Waals surface area (Å²) in [5.41, 5.74) is -0.00235. The van der Waals surface area contributed by atoms with Crippen LogP contribution in [0.3, 0.4) is 0 Å². The van der Waals surface area contributed by atoms with Gasteiger partial charge in [0.2, 0.25) is 5.95 Å². The molecule has 0 N–H and O–H groups in total. The van der Waals surface area contributed by atoms with Crippen LogP contribution in [0.4, 0.5) is 11.6 Å². The van der Waals surface area contributed by atoms with Crippen molar-refractivity contribution >= 4 is 17.5 Å². The topological polar surface area (TPSA) is 84.5 Å². The zero-order valence-electron chi connectivity index (χ0n) is 13.5. The van der Waals surface area contributed by atoms with Crippen molar-refractivity contribution in [2.75, 3.05) is 31.1 Å². The van der Waals surface area contributed by atoms with Gasteiger partial charge in [-0.05, 0) is 13.0 Å². The Bertz CT molecular complexity index is 750. The average molecular weight is 329 g/mol. The van der Waals surface area contributed by atoms with Gasteiger partial charge in [-0.3, -0.25) is 14.9 Å². The molecule has 1 fully saturated rings. The Kier molecular flexibility index (Phi) is 4.45. The molecule has 1 amide bonds. The molecule has 1 saturated heterocycles. The Balaban J connectivity index is 1.71. The lowest BCUT2D eigenvalue weighted by molar-refractivity contribution is -0.385. The smallest absolute Gasteiger partial charge is 0.282 e. The molecular weight excluding hydrogens is 310 g/mol. The van der Waals surface area contributed by atoms with E-state index >= 15 is 0 Å². The highest BCUT2D eigenvalue weighted by Gasteiger charge is 2.28. The van der Waals surface area contributed by atoms with E-state index in [-0.39, 0.29) is 17.2 Å². The number of hydrogen-bond donors (Lipinski definition) is 0. The number of carbonyl (C=O) groups is 1. The van der Waals surface area contributed by atoms with Gasteiger partial charge in [0.15, 0.2) is 0 Å². The number of amides is 1. The first-order valence-electron chi connectivity index (χ1n) is 7.90. The summed E-state index contributed by atoms with van der Waals surface area (Å²) in [6.45, 7) is 5.24. The van der Waals surface area contributed by atoms with Crippen LogP contribution in [0.25, 0.3) is 0 Å². The second-order valence-corrected chi connectivity index (χ2v) is 5.57. The minimum absolute atomic E-state index is 0.144. The molecule has 2 aromatic rings. The van der Waals surface area contributed by atoms with Gasteiger partial charge in [-0.1, -0.05) is 12.1 Å². The van der Waals surface area contributed by atoms with Gasteiger partial charge in [-0.2, -0.15) is 0 Å². The maximum Gasteiger partial charge on any atom is 0.282 e. The monoisotopic (exact) mass is 329 g/mol. The van der Waals surface area contributed by atoms with Crippen LogP contribution in [0, 0.1) is 10.1 Å². The third-order valence-corrected chi connectivity index (χ3v) is 4.22. The fourth-order valence-electron chi connectivity index (χ4n) is 2.93. The lowest BCUT2D eigenvalue weighted by Crippen LogP contribution is -2.49. The van der Waals surface area contributed by atoms with Gasteiger partial charge in [0.05, 0.1) is 4.92 Å². The molecule has 0 atom stereocenters. The van der Waals surface area contributed by atoms with E-state index in [4.69, 9.17) is 0 Å². The molecule has 0 aliphatic carbocycles. The lowest BCUT2D eigenvalue weighted by Gasteiger charge is -2.35. The summed E-state index contributed by atoms with van der Waals surface area (Å²) in [4.78, 5) is 31.4. The summed E-state index contributed by atoms with van der Waals surface area (Å²) in [5, 5.41) is 11.1. The lowest BCUT2D eigenvalue weighted by atomic mass is 10.1. The number of nitro benzene ring substituents is 1. The molecule has 1 aliphatic heterocycles. The minimum atomic E-state index is -0.512. The van der Waals surface area contributed by atoms with Gasteiger partial charge in [0, 0.05) is 51.2 Å². The second-order valence-electron chi connectivity index (χ2n) is 5.57. The number of hydrogen-bond acceptors (Lipinski definition) is 5. The zero-order chi connectivity index (χ0) is 17.1. The van der Waals surface area contributed by atoms with Gasteiger partial charge in [0.25, 0.3) is 11.6 Å². The van der Waals surface area contributed by atoms with E-state index in [2.05, 4.69) is 21.4 Å². The van der Waals surface area contributed by atoms with Crippen molar-refractivity contribution in [3.05, 3.63) is 52.3 Å². The molecule has 126 valence electrons. The normalized spacial score (nSPS) is 14.7. The summed E-state index contributed by atoms with van der Waals surface area (Å²) in [7, 11) is 0. The van der Waals surface area contributed by atoms with Crippen LogP contribution in [0.5, 0.6) is 0 Å². The van der Waals surface area contributed by atoms with Crippen molar-refractivity contribution in [2.24, 2.45) is 0 Å². The largest absolute Gasteiger partial charge is 0.339 e. The van der Waals surface area contributed by atoms with Crippen molar-refractivity contribution in [3.63, 3.8) is 0 Å². The van der Waals surface area contributed by atoms with E-state index in [0.29, 0.717) is 26.2 Å². The zero-order valence-corrected chi connectivity index (χ0v) is 13.5. The van der Waals surface area contributed by atoms with Crippen LogP contribution in [0.15, 0.2) is 36.7 Å². The van der Waals surface area contributed by atoms with Crippen molar-refractivity contribution in [3.8, 4) is 0 Å². The standard InChI is InChI=1S/C16H19N5O3/c1-2-18-8-7-17-16(18)20-11-9-19(10-12-20)15(22)13-5-3-4-6-14(13)21(23)24/h3-8H,2,9-12H2,1H3. The molecule has 8 heteroatoms. The molecule has 0 bridgehead atoms. The molecule has 0 unspecified atom stereocenters. The fraction of sp³-hybridized carbons (Fsp3) is 0.375. The molecule has 2 heterocycles. The van der Waals surface area contributed by atoms with Crippen molar-refractivity contribution in [1.29, 1.82) is 0 Å². The molecule has 24 heavy (non-hydrogen) atoms. The average Bonchev–Trinajstić information content (AvgIpc) is 3.10. The van der Waals surface area contributed by atoms with Crippen LogP contribution < -0.4 is 4.90 Å². The maximum absolute atomic E-state index is 12.6. The molecule has 8 nitrogen and oxygen atoms in total. The van der Waals surface area contributed by atoms with Crippen LogP contribution >= 0.6 is 0 Å². The van der Waals surface area contributed by atoms with Crippen molar-refractivity contribution in [2.45, 2.75) is 13.5 Å². The summed E-state index contributed by atoms with van der Waals surface area (Å²) in [6.07, 6.45) is 3.70. The van der Waals surface area contributed by atoms with Crippen molar-refractivity contribution < 1.29 is 9.72 Å². The fourth-order valence-corrected chi connectivity index (χ4v) is 2.93. The van der Waals surface area contributed by atoms with E-state index in [9.17, 15) is 14.9 Å². The first-order valence-corrected chi connectivity index (χ1v) is 7.90. The first kappa shape index (κ1) is 16.0. The third-order valence-electron chi connectivity index (χ3n) is 4.22. The highest BCUT2D eigenvalue weighted by Crippen LogP contribution is 2.21. The van der Waals surface area contributed by atoms with Gasteiger partial charge in [0.1, 0.15) is 5.56 Å². The van der Waals surface area contributed by atoms with Gasteiger partial charge in [-0.25, -0.2) is 4.98 Å². The second kappa shape index (κ2) is 6.69. The van der Waals surface area contributed by atoms with Crippen LogP contribution in [0.2, 0.25) is 0 Å².